The minimum absolute atomic E-state index is 0.0457. The van der Waals surface area contributed by atoms with E-state index in [-0.39, 0.29) is 29.2 Å². The first-order valence-corrected chi connectivity index (χ1v) is 8.21. The summed E-state index contributed by atoms with van der Waals surface area (Å²) in [6.45, 7) is 6.29. The van der Waals surface area contributed by atoms with Crippen molar-refractivity contribution in [1.29, 1.82) is 0 Å². The lowest BCUT2D eigenvalue weighted by molar-refractivity contribution is -0.130. The first kappa shape index (κ1) is 16.1. The SMILES string of the molecule is CC(C)NC(=O)[C@H]1CN(C(=O)c2ccoc2)CC12CCOCC2. The summed E-state index contributed by atoms with van der Waals surface area (Å²) in [5.41, 5.74) is 0.369. The molecule has 1 atom stereocenters. The molecular weight excluding hydrogens is 296 g/mol. The van der Waals surface area contributed by atoms with E-state index in [2.05, 4.69) is 5.32 Å². The van der Waals surface area contributed by atoms with Crippen molar-refractivity contribution in [3.8, 4) is 0 Å². The molecule has 2 aliphatic heterocycles. The molecule has 1 N–H and O–H groups in total. The van der Waals surface area contributed by atoms with Crippen LogP contribution in [0.2, 0.25) is 0 Å². The van der Waals surface area contributed by atoms with Crippen LogP contribution in [0.3, 0.4) is 0 Å². The summed E-state index contributed by atoms with van der Waals surface area (Å²) in [5.74, 6) is -0.196. The quantitative estimate of drug-likeness (QED) is 0.919. The van der Waals surface area contributed by atoms with Crippen molar-refractivity contribution in [3.05, 3.63) is 24.2 Å². The lowest BCUT2D eigenvalue weighted by Gasteiger charge is -2.37. The van der Waals surface area contributed by atoms with Gasteiger partial charge in [-0.15, -0.1) is 0 Å². The minimum Gasteiger partial charge on any atom is -0.472 e. The maximum Gasteiger partial charge on any atom is 0.257 e. The number of rotatable bonds is 3. The Bertz CT molecular complexity index is 561. The van der Waals surface area contributed by atoms with Gasteiger partial charge in [-0.1, -0.05) is 0 Å². The third-order valence-corrected chi connectivity index (χ3v) is 4.94. The zero-order valence-corrected chi connectivity index (χ0v) is 13.7. The average molecular weight is 320 g/mol. The average Bonchev–Trinajstić information content (AvgIpc) is 3.15. The van der Waals surface area contributed by atoms with Crippen LogP contribution in [-0.2, 0) is 9.53 Å². The van der Waals surface area contributed by atoms with Crippen LogP contribution >= 0.6 is 0 Å². The summed E-state index contributed by atoms with van der Waals surface area (Å²) in [6, 6.07) is 1.76. The predicted molar refractivity (Wildman–Crippen MR) is 83.9 cm³/mol. The Kier molecular flexibility index (Phi) is 4.43. The standard InChI is InChI=1S/C17H24N2O4/c1-12(2)18-15(20)14-9-19(16(21)13-3-6-23-10-13)11-17(14)4-7-22-8-5-17/h3,6,10,12,14H,4-5,7-9,11H2,1-2H3,(H,18,20)/t14-/m1/s1. The molecule has 0 radical (unpaired) electrons. The summed E-state index contributed by atoms with van der Waals surface area (Å²) in [5, 5.41) is 3.01. The minimum atomic E-state index is -0.176. The Morgan fingerprint density at radius 3 is 2.70 bits per heavy atom. The van der Waals surface area contributed by atoms with Gasteiger partial charge in [-0.3, -0.25) is 9.59 Å². The van der Waals surface area contributed by atoms with Gasteiger partial charge in [-0.25, -0.2) is 0 Å². The fourth-order valence-corrected chi connectivity index (χ4v) is 3.72. The number of nitrogens with zero attached hydrogens (tertiary/aromatic N) is 1. The molecule has 6 nitrogen and oxygen atoms in total. The summed E-state index contributed by atoms with van der Waals surface area (Å²) < 4.78 is 10.5. The molecule has 1 spiro atoms. The van der Waals surface area contributed by atoms with Gasteiger partial charge in [0, 0.05) is 37.8 Å². The molecule has 3 heterocycles. The largest absolute Gasteiger partial charge is 0.472 e. The number of carbonyl (C=O) groups is 2. The molecule has 0 bridgehead atoms. The van der Waals surface area contributed by atoms with E-state index < -0.39 is 0 Å². The third-order valence-electron chi connectivity index (χ3n) is 4.94. The molecule has 2 saturated heterocycles. The van der Waals surface area contributed by atoms with Crippen molar-refractivity contribution in [1.82, 2.24) is 10.2 Å². The van der Waals surface area contributed by atoms with E-state index in [1.165, 1.54) is 12.5 Å². The fourth-order valence-electron chi connectivity index (χ4n) is 3.72. The van der Waals surface area contributed by atoms with Crippen LogP contribution < -0.4 is 5.32 Å². The molecular formula is C17H24N2O4. The van der Waals surface area contributed by atoms with Gasteiger partial charge >= 0.3 is 0 Å². The van der Waals surface area contributed by atoms with Crippen LogP contribution in [0.1, 0.15) is 37.0 Å². The van der Waals surface area contributed by atoms with E-state index >= 15 is 0 Å². The van der Waals surface area contributed by atoms with Gasteiger partial charge in [0.05, 0.1) is 17.7 Å². The van der Waals surface area contributed by atoms with E-state index in [0.717, 1.165) is 12.8 Å². The van der Waals surface area contributed by atoms with E-state index in [1.54, 1.807) is 11.0 Å². The van der Waals surface area contributed by atoms with E-state index in [0.29, 0.717) is 31.9 Å². The van der Waals surface area contributed by atoms with Gasteiger partial charge in [0.25, 0.3) is 5.91 Å². The Labute approximate surface area is 136 Å². The molecule has 23 heavy (non-hydrogen) atoms. The maximum atomic E-state index is 12.7. The Morgan fingerprint density at radius 1 is 1.35 bits per heavy atom. The highest BCUT2D eigenvalue weighted by Crippen LogP contribution is 2.44. The van der Waals surface area contributed by atoms with Gasteiger partial charge in [0.15, 0.2) is 0 Å². The molecule has 3 rings (SSSR count). The van der Waals surface area contributed by atoms with Crippen LogP contribution in [0.15, 0.2) is 23.0 Å². The van der Waals surface area contributed by atoms with Gasteiger partial charge in [-0.05, 0) is 32.8 Å². The second kappa shape index (κ2) is 6.35. The lowest BCUT2D eigenvalue weighted by atomic mass is 9.71. The molecule has 0 saturated carbocycles. The van der Waals surface area contributed by atoms with Crippen LogP contribution in [0.5, 0.6) is 0 Å². The number of nitrogens with one attached hydrogen (secondary N) is 1. The predicted octanol–water partition coefficient (Wildman–Crippen LogP) is 1.67. The first-order chi connectivity index (χ1) is 11.0. The van der Waals surface area contributed by atoms with Crippen LogP contribution in [0.25, 0.3) is 0 Å². The van der Waals surface area contributed by atoms with Crippen LogP contribution in [-0.4, -0.2) is 49.1 Å². The highest BCUT2D eigenvalue weighted by molar-refractivity contribution is 5.95. The highest BCUT2D eigenvalue weighted by Gasteiger charge is 2.51. The summed E-state index contributed by atoms with van der Waals surface area (Å²) in [6.07, 6.45) is 4.59. The monoisotopic (exact) mass is 320 g/mol. The van der Waals surface area contributed by atoms with Crippen LogP contribution in [0.4, 0.5) is 0 Å². The molecule has 2 fully saturated rings. The maximum absolute atomic E-state index is 12.7. The Morgan fingerprint density at radius 2 is 2.09 bits per heavy atom. The van der Waals surface area contributed by atoms with Gasteiger partial charge in [-0.2, -0.15) is 0 Å². The number of carbonyl (C=O) groups excluding carboxylic acids is 2. The van der Waals surface area contributed by atoms with Crippen LogP contribution in [0, 0.1) is 11.3 Å². The number of hydrogen-bond acceptors (Lipinski definition) is 4. The van der Waals surface area contributed by atoms with E-state index in [4.69, 9.17) is 9.15 Å². The molecule has 126 valence electrons. The normalized spacial score (nSPS) is 23.4. The molecule has 6 heteroatoms. The smallest absolute Gasteiger partial charge is 0.257 e. The molecule has 2 amide bonds. The second-order valence-corrected chi connectivity index (χ2v) is 6.89. The summed E-state index contributed by atoms with van der Waals surface area (Å²) in [4.78, 5) is 27.1. The van der Waals surface area contributed by atoms with Crippen molar-refractivity contribution >= 4 is 11.8 Å². The number of likely N-dealkylation sites (tertiary alicyclic amines) is 1. The zero-order valence-electron chi connectivity index (χ0n) is 13.7. The van der Waals surface area contributed by atoms with Crippen molar-refractivity contribution < 1.29 is 18.7 Å². The molecule has 0 unspecified atom stereocenters. The first-order valence-electron chi connectivity index (χ1n) is 8.21. The molecule has 1 aromatic rings. The number of ether oxygens (including phenoxy) is 1. The lowest BCUT2D eigenvalue weighted by Crippen LogP contribution is -2.46. The third kappa shape index (κ3) is 3.13. The van der Waals surface area contributed by atoms with Crippen molar-refractivity contribution in [2.75, 3.05) is 26.3 Å². The Hall–Kier alpha value is -1.82. The second-order valence-electron chi connectivity index (χ2n) is 6.89. The Balaban J connectivity index is 1.81. The molecule has 0 aromatic carbocycles. The highest BCUT2D eigenvalue weighted by atomic mass is 16.5. The van der Waals surface area contributed by atoms with Crippen molar-refractivity contribution in [2.45, 2.75) is 32.7 Å². The number of furan rings is 1. The van der Waals surface area contributed by atoms with Crippen molar-refractivity contribution in [3.63, 3.8) is 0 Å². The summed E-state index contributed by atoms with van der Waals surface area (Å²) in [7, 11) is 0. The van der Waals surface area contributed by atoms with E-state index in [9.17, 15) is 9.59 Å². The van der Waals surface area contributed by atoms with Gasteiger partial charge in [0.1, 0.15) is 6.26 Å². The van der Waals surface area contributed by atoms with E-state index in [1.807, 2.05) is 13.8 Å². The van der Waals surface area contributed by atoms with Gasteiger partial charge in [0.2, 0.25) is 5.91 Å². The number of hydrogen-bond donors (Lipinski definition) is 1. The molecule has 2 aliphatic rings. The fraction of sp³-hybridized carbons (Fsp3) is 0.647. The topological polar surface area (TPSA) is 71.8 Å². The van der Waals surface area contributed by atoms with Crippen molar-refractivity contribution in [2.24, 2.45) is 11.3 Å². The summed E-state index contributed by atoms with van der Waals surface area (Å²) >= 11 is 0. The molecule has 0 aliphatic carbocycles. The molecule has 1 aromatic heterocycles. The van der Waals surface area contributed by atoms with Gasteiger partial charge < -0.3 is 19.4 Å². The zero-order chi connectivity index (χ0) is 16.4. The number of amides is 2.